The van der Waals surface area contributed by atoms with Gasteiger partial charge in [0.2, 0.25) is 0 Å². The van der Waals surface area contributed by atoms with Crippen LogP contribution in [0.15, 0.2) is 5.10 Å². The molecule has 13 heavy (non-hydrogen) atoms. The molecule has 0 aromatic carbocycles. The Kier molecular flexibility index (Phi) is 2.43. The lowest BCUT2D eigenvalue weighted by Crippen LogP contribution is -2.43. The predicted molar refractivity (Wildman–Crippen MR) is 50.5 cm³/mol. The van der Waals surface area contributed by atoms with Crippen LogP contribution in [0.2, 0.25) is 0 Å². The lowest BCUT2D eigenvalue weighted by molar-refractivity contribution is -0.140. The van der Waals surface area contributed by atoms with Gasteiger partial charge in [0.1, 0.15) is 0 Å². The maximum atomic E-state index is 11.7. The number of nitrogens with zero attached hydrogens (tertiary/aromatic N) is 2. The quantitative estimate of drug-likeness (QED) is 0.610. The summed E-state index contributed by atoms with van der Waals surface area (Å²) in [6, 6.07) is 0. The van der Waals surface area contributed by atoms with Gasteiger partial charge in [0.25, 0.3) is 5.91 Å². The van der Waals surface area contributed by atoms with Gasteiger partial charge in [-0.3, -0.25) is 4.79 Å². The molecule has 1 aliphatic rings. The number of hydrazone groups is 1. The number of hydrogen-bond acceptors (Lipinski definition) is 3. The minimum Gasteiger partial charge on any atom is -0.365 e. The van der Waals surface area contributed by atoms with Gasteiger partial charge in [-0.2, -0.15) is 5.10 Å². The summed E-state index contributed by atoms with van der Waals surface area (Å²) in [7, 11) is 1.52. The van der Waals surface area contributed by atoms with Gasteiger partial charge in [-0.05, 0) is 27.7 Å². The summed E-state index contributed by atoms with van der Waals surface area (Å²) < 4.78 is 5.04. The second-order valence-electron chi connectivity index (χ2n) is 4.18. The van der Waals surface area contributed by atoms with E-state index in [9.17, 15) is 4.79 Å². The molecular weight excluding hydrogens is 168 g/mol. The molecule has 1 heterocycles. The van der Waals surface area contributed by atoms with Gasteiger partial charge in [0, 0.05) is 7.11 Å². The molecule has 1 aliphatic heterocycles. The van der Waals surface area contributed by atoms with Crippen molar-refractivity contribution in [1.29, 1.82) is 0 Å². The van der Waals surface area contributed by atoms with Gasteiger partial charge in [-0.25, -0.2) is 5.01 Å². The standard InChI is InChI=1S/C9H16N2O2/c1-6-7(13-5)8(12)11(10-6)9(2,3)4/h7H,1-5H3. The van der Waals surface area contributed by atoms with Crippen LogP contribution >= 0.6 is 0 Å². The normalized spacial score (nSPS) is 23.8. The van der Waals surface area contributed by atoms with E-state index in [4.69, 9.17) is 4.74 Å². The van der Waals surface area contributed by atoms with Crippen LogP contribution in [0.1, 0.15) is 27.7 Å². The van der Waals surface area contributed by atoms with Crippen molar-refractivity contribution in [2.45, 2.75) is 39.3 Å². The molecule has 4 nitrogen and oxygen atoms in total. The Morgan fingerprint density at radius 1 is 1.46 bits per heavy atom. The van der Waals surface area contributed by atoms with E-state index in [1.165, 1.54) is 12.1 Å². The third-order valence-corrected chi connectivity index (χ3v) is 1.94. The molecule has 0 bridgehead atoms. The Bertz CT molecular complexity index is 253. The molecule has 0 radical (unpaired) electrons. The van der Waals surface area contributed by atoms with Gasteiger partial charge in [-0.1, -0.05) is 0 Å². The van der Waals surface area contributed by atoms with Crippen LogP contribution in [0.5, 0.6) is 0 Å². The number of amides is 1. The lowest BCUT2D eigenvalue weighted by Gasteiger charge is -2.28. The SMILES string of the molecule is COC1C(=O)N(C(C)(C)C)N=C1C. The summed E-state index contributed by atoms with van der Waals surface area (Å²) in [5.41, 5.74) is 0.452. The lowest BCUT2D eigenvalue weighted by atomic mass is 10.1. The highest BCUT2D eigenvalue weighted by Crippen LogP contribution is 2.21. The second-order valence-corrected chi connectivity index (χ2v) is 4.18. The van der Waals surface area contributed by atoms with Crippen LogP contribution in [-0.2, 0) is 9.53 Å². The van der Waals surface area contributed by atoms with Crippen molar-refractivity contribution < 1.29 is 9.53 Å². The summed E-state index contributed by atoms with van der Waals surface area (Å²) in [6.07, 6.45) is -0.487. The average Bonchev–Trinajstić information content (AvgIpc) is 2.25. The number of methoxy groups -OCH3 is 1. The summed E-state index contributed by atoms with van der Waals surface area (Å²) in [5.74, 6) is -0.0764. The molecule has 0 aromatic heterocycles. The maximum Gasteiger partial charge on any atom is 0.278 e. The fourth-order valence-electron chi connectivity index (χ4n) is 1.30. The zero-order chi connectivity index (χ0) is 10.2. The van der Waals surface area contributed by atoms with Crippen molar-refractivity contribution in [3.63, 3.8) is 0 Å². The van der Waals surface area contributed by atoms with Crippen molar-refractivity contribution in [1.82, 2.24) is 5.01 Å². The Balaban J connectivity index is 2.90. The van der Waals surface area contributed by atoms with Crippen LogP contribution in [0.3, 0.4) is 0 Å². The third kappa shape index (κ3) is 1.72. The first-order chi connectivity index (χ1) is 5.88. The Morgan fingerprint density at radius 3 is 2.23 bits per heavy atom. The van der Waals surface area contributed by atoms with Gasteiger partial charge >= 0.3 is 0 Å². The largest absolute Gasteiger partial charge is 0.365 e. The first-order valence-corrected chi connectivity index (χ1v) is 4.30. The van der Waals surface area contributed by atoms with Crippen LogP contribution in [-0.4, -0.2) is 35.4 Å². The molecule has 0 spiro atoms. The molecule has 0 saturated heterocycles. The van der Waals surface area contributed by atoms with Crippen molar-refractivity contribution in [2.24, 2.45) is 5.10 Å². The minimum absolute atomic E-state index is 0.0764. The summed E-state index contributed by atoms with van der Waals surface area (Å²) in [6.45, 7) is 7.64. The number of ether oxygens (including phenoxy) is 1. The third-order valence-electron chi connectivity index (χ3n) is 1.94. The van der Waals surface area contributed by atoms with Crippen molar-refractivity contribution in [3.05, 3.63) is 0 Å². The molecule has 74 valence electrons. The van der Waals surface area contributed by atoms with E-state index in [0.29, 0.717) is 0 Å². The van der Waals surface area contributed by atoms with Crippen LogP contribution in [0.4, 0.5) is 0 Å². The monoisotopic (exact) mass is 184 g/mol. The van der Waals surface area contributed by atoms with E-state index in [1.807, 2.05) is 20.8 Å². The molecule has 1 amide bonds. The van der Waals surface area contributed by atoms with E-state index in [1.54, 1.807) is 6.92 Å². The number of carbonyl (C=O) groups is 1. The minimum atomic E-state index is -0.487. The Hall–Kier alpha value is -0.900. The first-order valence-electron chi connectivity index (χ1n) is 4.30. The molecule has 1 unspecified atom stereocenters. The van der Waals surface area contributed by atoms with E-state index >= 15 is 0 Å². The maximum absolute atomic E-state index is 11.7. The molecule has 1 rings (SSSR count). The van der Waals surface area contributed by atoms with Crippen LogP contribution in [0, 0.1) is 0 Å². The summed E-state index contributed by atoms with van der Waals surface area (Å²) in [4.78, 5) is 11.7. The molecule has 0 N–H and O–H groups in total. The number of rotatable bonds is 1. The molecule has 0 fully saturated rings. The van der Waals surface area contributed by atoms with Crippen molar-refractivity contribution >= 4 is 11.6 Å². The highest BCUT2D eigenvalue weighted by atomic mass is 16.5. The first kappa shape index (κ1) is 10.2. The molecule has 0 saturated carbocycles. The van der Waals surface area contributed by atoms with Gasteiger partial charge in [-0.15, -0.1) is 0 Å². The summed E-state index contributed by atoms with van der Waals surface area (Å²) >= 11 is 0. The molecule has 1 atom stereocenters. The Morgan fingerprint density at radius 2 is 2.00 bits per heavy atom. The summed E-state index contributed by atoms with van der Waals surface area (Å²) in [5, 5.41) is 5.65. The highest BCUT2D eigenvalue weighted by molar-refractivity contribution is 6.09. The fourth-order valence-corrected chi connectivity index (χ4v) is 1.30. The zero-order valence-electron chi connectivity index (χ0n) is 8.79. The van der Waals surface area contributed by atoms with Crippen LogP contribution < -0.4 is 0 Å². The van der Waals surface area contributed by atoms with E-state index < -0.39 is 6.10 Å². The molecule has 0 aliphatic carbocycles. The number of hydrogen-bond donors (Lipinski definition) is 0. The fraction of sp³-hybridized carbons (Fsp3) is 0.778. The molecular formula is C9H16N2O2. The van der Waals surface area contributed by atoms with E-state index in [-0.39, 0.29) is 11.4 Å². The van der Waals surface area contributed by atoms with E-state index in [2.05, 4.69) is 5.10 Å². The van der Waals surface area contributed by atoms with Gasteiger partial charge in [0.15, 0.2) is 6.10 Å². The second kappa shape index (κ2) is 3.10. The number of carbonyl (C=O) groups excluding carboxylic acids is 1. The van der Waals surface area contributed by atoms with Crippen molar-refractivity contribution in [3.8, 4) is 0 Å². The Labute approximate surface area is 78.6 Å². The average molecular weight is 184 g/mol. The van der Waals surface area contributed by atoms with Crippen molar-refractivity contribution in [2.75, 3.05) is 7.11 Å². The zero-order valence-corrected chi connectivity index (χ0v) is 8.79. The topological polar surface area (TPSA) is 41.9 Å². The highest BCUT2D eigenvalue weighted by Gasteiger charge is 2.39. The van der Waals surface area contributed by atoms with E-state index in [0.717, 1.165) is 5.71 Å². The van der Waals surface area contributed by atoms with Crippen LogP contribution in [0.25, 0.3) is 0 Å². The molecule has 4 heteroatoms. The van der Waals surface area contributed by atoms with Gasteiger partial charge < -0.3 is 4.74 Å². The smallest absolute Gasteiger partial charge is 0.278 e. The molecule has 0 aromatic rings. The van der Waals surface area contributed by atoms with Gasteiger partial charge in [0.05, 0.1) is 11.3 Å². The predicted octanol–water partition coefficient (Wildman–Crippen LogP) is 1.02.